The molecule has 0 atom stereocenters. The molecule has 0 spiro atoms. The van der Waals surface area contributed by atoms with E-state index >= 15 is 0 Å². The molecule has 0 amide bonds. The molecule has 6 heteroatoms. The molecule has 2 rings (SSSR count). The van der Waals surface area contributed by atoms with Crippen LogP contribution in [-0.2, 0) is 9.31 Å². The molecule has 1 aromatic rings. The fourth-order valence-corrected chi connectivity index (χ4v) is 1.90. The van der Waals surface area contributed by atoms with Gasteiger partial charge in [-0.05, 0) is 45.3 Å². The molecule has 1 saturated heterocycles. The summed E-state index contributed by atoms with van der Waals surface area (Å²) in [5.41, 5.74) is 0.0485. The molecule has 0 bridgehead atoms. The van der Waals surface area contributed by atoms with Gasteiger partial charge in [0.2, 0.25) is 0 Å². The van der Waals surface area contributed by atoms with Crippen molar-refractivity contribution in [2.45, 2.75) is 38.9 Å². The maximum atomic E-state index is 12.1. The van der Waals surface area contributed by atoms with Gasteiger partial charge in [0.1, 0.15) is 5.75 Å². The Kier molecular flexibility index (Phi) is 3.62. The Labute approximate surface area is 112 Å². The number of rotatable bonds is 3. The first-order valence-electron chi connectivity index (χ1n) is 5.76. The normalized spacial score (nSPS) is 21.1. The number of halogens is 1. The highest BCUT2D eigenvalue weighted by atomic mass is 32.2. The van der Waals surface area contributed by atoms with Crippen molar-refractivity contribution in [3.05, 3.63) is 24.3 Å². The van der Waals surface area contributed by atoms with E-state index in [0.29, 0.717) is 5.75 Å². The van der Waals surface area contributed by atoms with Gasteiger partial charge in [-0.3, -0.25) is 0 Å². The van der Waals surface area contributed by atoms with Crippen LogP contribution >= 0.6 is 12.4 Å². The van der Waals surface area contributed by atoms with E-state index in [2.05, 4.69) is 0 Å². The van der Waals surface area contributed by atoms with E-state index in [1.165, 1.54) is 0 Å². The van der Waals surface area contributed by atoms with Crippen LogP contribution in [0.4, 0.5) is 3.89 Å². The molecule has 3 nitrogen and oxygen atoms in total. The quantitative estimate of drug-likeness (QED) is 0.623. The van der Waals surface area contributed by atoms with Crippen LogP contribution in [0.15, 0.2) is 24.3 Å². The molecule has 98 valence electrons. The van der Waals surface area contributed by atoms with Crippen molar-refractivity contribution in [3.8, 4) is 5.75 Å². The Hall–Kier alpha value is -0.715. The van der Waals surface area contributed by atoms with Gasteiger partial charge in [-0.25, -0.2) is 0 Å². The smallest absolute Gasteiger partial charge is 0.399 e. The van der Waals surface area contributed by atoms with E-state index in [-0.39, 0.29) is 23.6 Å². The lowest BCUT2D eigenvalue weighted by molar-refractivity contribution is 0.00578. The van der Waals surface area contributed by atoms with Crippen LogP contribution in [0.2, 0.25) is 0 Å². The van der Waals surface area contributed by atoms with Gasteiger partial charge >= 0.3 is 7.12 Å². The summed E-state index contributed by atoms with van der Waals surface area (Å²) in [5.74, 6) is 0.440. The van der Waals surface area contributed by atoms with Crippen LogP contribution in [0.25, 0.3) is 0 Å². The largest absolute Gasteiger partial charge is 0.494 e. The predicted octanol–water partition coefficient (Wildman–Crippen LogP) is 2.90. The molecule has 0 radical (unpaired) electrons. The van der Waals surface area contributed by atoms with Crippen molar-refractivity contribution in [2.24, 2.45) is 0 Å². The second-order valence-corrected chi connectivity index (χ2v) is 5.60. The highest BCUT2D eigenvalue weighted by Crippen LogP contribution is 2.36. The Balaban J connectivity index is 2.21. The van der Waals surface area contributed by atoms with E-state index < -0.39 is 7.12 Å². The number of hydrogen-bond donors (Lipinski definition) is 0. The monoisotopic (exact) mass is 270 g/mol. The molecule has 1 fully saturated rings. The van der Waals surface area contributed by atoms with Gasteiger partial charge in [-0.15, -0.1) is 3.89 Å². The van der Waals surface area contributed by atoms with Crippen LogP contribution in [0.3, 0.4) is 0 Å². The second kappa shape index (κ2) is 4.76. The minimum Gasteiger partial charge on any atom is -0.399 e. The van der Waals surface area contributed by atoms with Gasteiger partial charge < -0.3 is 13.5 Å². The molecule has 1 aromatic carbocycles. The van der Waals surface area contributed by atoms with E-state index in [1.54, 1.807) is 18.2 Å². The lowest BCUT2D eigenvalue weighted by Crippen LogP contribution is -2.41. The Morgan fingerprint density at radius 2 is 1.78 bits per heavy atom. The average molecular weight is 270 g/mol. The summed E-state index contributed by atoms with van der Waals surface area (Å²) in [4.78, 5) is 0. The lowest BCUT2D eigenvalue weighted by atomic mass is 9.79. The molecule has 1 heterocycles. The first-order valence-corrected chi connectivity index (χ1v) is 6.41. The predicted molar refractivity (Wildman–Crippen MR) is 71.5 cm³/mol. The fourth-order valence-electron chi connectivity index (χ4n) is 1.73. The maximum Gasteiger partial charge on any atom is 0.494 e. The first kappa shape index (κ1) is 13.7. The minimum atomic E-state index is -0.455. The van der Waals surface area contributed by atoms with Gasteiger partial charge in [-0.1, -0.05) is 12.1 Å². The summed E-state index contributed by atoms with van der Waals surface area (Å²) >= 11 is -0.176. The highest BCUT2D eigenvalue weighted by molar-refractivity contribution is 7.89. The Morgan fingerprint density at radius 1 is 1.17 bits per heavy atom. The molecular formula is C12H16BFO3S. The maximum absolute atomic E-state index is 12.1. The van der Waals surface area contributed by atoms with Crippen molar-refractivity contribution >= 4 is 25.0 Å². The molecule has 1 aliphatic heterocycles. The number of benzene rings is 1. The van der Waals surface area contributed by atoms with Crippen molar-refractivity contribution < 1.29 is 17.4 Å². The summed E-state index contributed by atoms with van der Waals surface area (Å²) in [7, 11) is -0.455. The third-order valence-corrected chi connectivity index (χ3v) is 3.77. The van der Waals surface area contributed by atoms with Crippen LogP contribution in [0.1, 0.15) is 27.7 Å². The zero-order valence-corrected chi connectivity index (χ0v) is 11.7. The van der Waals surface area contributed by atoms with Gasteiger partial charge in [0.15, 0.2) is 0 Å². The summed E-state index contributed by atoms with van der Waals surface area (Å²) < 4.78 is 28.6. The van der Waals surface area contributed by atoms with Crippen LogP contribution in [0, 0.1) is 0 Å². The van der Waals surface area contributed by atoms with E-state index in [1.807, 2.05) is 33.8 Å². The summed E-state index contributed by atoms with van der Waals surface area (Å²) in [6.45, 7) is 7.96. The average Bonchev–Trinajstić information content (AvgIpc) is 2.49. The van der Waals surface area contributed by atoms with E-state index in [0.717, 1.165) is 5.46 Å². The van der Waals surface area contributed by atoms with Crippen molar-refractivity contribution in [1.29, 1.82) is 0 Å². The number of hydrogen-bond acceptors (Lipinski definition) is 4. The van der Waals surface area contributed by atoms with Gasteiger partial charge in [-0.2, -0.15) is 0 Å². The zero-order valence-electron chi connectivity index (χ0n) is 10.9. The first-order chi connectivity index (χ1) is 8.36. The third-order valence-electron chi connectivity index (χ3n) is 3.51. The lowest BCUT2D eigenvalue weighted by Gasteiger charge is -2.32. The summed E-state index contributed by atoms with van der Waals surface area (Å²) in [6.07, 6.45) is 0. The summed E-state index contributed by atoms with van der Waals surface area (Å²) in [6, 6.07) is 7.06. The molecule has 0 unspecified atom stereocenters. The molecule has 0 aliphatic carbocycles. The van der Waals surface area contributed by atoms with Crippen LogP contribution in [-0.4, -0.2) is 18.3 Å². The standard InChI is InChI=1S/C12H16BFO3S/c1-11(2)12(3,4)17-13(16-11)9-6-5-7-10(8-9)15-18-14/h5-8H,1-4H3. The molecule has 0 aromatic heterocycles. The van der Waals surface area contributed by atoms with Crippen LogP contribution < -0.4 is 9.65 Å². The molecule has 18 heavy (non-hydrogen) atoms. The van der Waals surface area contributed by atoms with Crippen molar-refractivity contribution in [1.82, 2.24) is 0 Å². The molecule has 0 saturated carbocycles. The second-order valence-electron chi connectivity index (χ2n) is 5.31. The highest BCUT2D eigenvalue weighted by Gasteiger charge is 2.51. The third kappa shape index (κ3) is 2.51. The van der Waals surface area contributed by atoms with Crippen molar-refractivity contribution in [3.63, 3.8) is 0 Å². The molecule has 0 N–H and O–H groups in total. The topological polar surface area (TPSA) is 27.7 Å². The van der Waals surface area contributed by atoms with Crippen molar-refractivity contribution in [2.75, 3.05) is 0 Å². The molecular weight excluding hydrogens is 254 g/mol. The Morgan fingerprint density at radius 3 is 2.33 bits per heavy atom. The van der Waals surface area contributed by atoms with E-state index in [4.69, 9.17) is 13.5 Å². The molecule has 1 aliphatic rings. The fraction of sp³-hybridized carbons (Fsp3) is 0.500. The SMILES string of the molecule is CC1(C)OB(c2cccc(OSF)c2)OC1(C)C. The van der Waals surface area contributed by atoms with Gasteiger partial charge in [0.05, 0.1) is 11.2 Å². The Bertz CT molecular complexity index is 423. The minimum absolute atomic E-state index is 0.176. The van der Waals surface area contributed by atoms with Gasteiger partial charge in [0.25, 0.3) is 12.4 Å². The zero-order chi connectivity index (χ0) is 13.4. The summed E-state index contributed by atoms with van der Waals surface area (Å²) in [5, 5.41) is 0. The van der Waals surface area contributed by atoms with E-state index in [9.17, 15) is 3.89 Å². The van der Waals surface area contributed by atoms with Crippen LogP contribution in [0.5, 0.6) is 5.75 Å². The van der Waals surface area contributed by atoms with Gasteiger partial charge in [0, 0.05) is 0 Å².